The molecule has 0 aromatic rings. The molecule has 1 heterocycles. The van der Waals surface area contributed by atoms with Crippen LogP contribution in [-0.2, 0) is 9.59 Å². The van der Waals surface area contributed by atoms with Gasteiger partial charge in [0.15, 0.2) is 0 Å². The Hall–Kier alpha value is -1.10. The minimum Gasteiger partial charge on any atom is -0.481 e. The number of hydrogen-bond acceptors (Lipinski definition) is 3. The molecule has 0 aliphatic carbocycles. The van der Waals surface area contributed by atoms with Gasteiger partial charge < -0.3 is 5.11 Å². The van der Waals surface area contributed by atoms with E-state index >= 15 is 0 Å². The Morgan fingerprint density at radius 2 is 2.36 bits per heavy atom. The average molecular weight is 159 g/mol. The third-order valence-corrected chi connectivity index (χ3v) is 1.65. The van der Waals surface area contributed by atoms with Crippen molar-refractivity contribution in [3.05, 3.63) is 0 Å². The molecule has 2 N–H and O–H groups in total. The SMILES string of the molecule is O=C(O)C[C@@H]1CC(=O)N(O)C1. The molecule has 5 heteroatoms. The smallest absolute Gasteiger partial charge is 0.303 e. The minimum atomic E-state index is -0.932. The summed E-state index contributed by atoms with van der Waals surface area (Å²) >= 11 is 0. The van der Waals surface area contributed by atoms with Gasteiger partial charge in [-0.15, -0.1) is 0 Å². The summed E-state index contributed by atoms with van der Waals surface area (Å²) in [5, 5.41) is 17.7. The lowest BCUT2D eigenvalue weighted by Gasteiger charge is -2.04. The Bertz CT molecular complexity index is 189. The monoisotopic (exact) mass is 159 g/mol. The van der Waals surface area contributed by atoms with Crippen molar-refractivity contribution in [1.29, 1.82) is 0 Å². The molecule has 0 saturated carbocycles. The van der Waals surface area contributed by atoms with Crippen LogP contribution >= 0.6 is 0 Å². The van der Waals surface area contributed by atoms with Crippen molar-refractivity contribution < 1.29 is 19.9 Å². The van der Waals surface area contributed by atoms with Crippen LogP contribution in [-0.4, -0.2) is 33.8 Å². The quantitative estimate of drug-likeness (QED) is 0.542. The topological polar surface area (TPSA) is 77.8 Å². The van der Waals surface area contributed by atoms with E-state index in [-0.39, 0.29) is 25.3 Å². The zero-order valence-corrected chi connectivity index (χ0v) is 5.86. The van der Waals surface area contributed by atoms with Crippen LogP contribution in [0.15, 0.2) is 0 Å². The summed E-state index contributed by atoms with van der Waals surface area (Å²) in [6, 6.07) is 0. The van der Waals surface area contributed by atoms with Crippen LogP contribution in [0, 0.1) is 5.92 Å². The number of carbonyl (C=O) groups is 2. The molecule has 0 aromatic heterocycles. The molecular weight excluding hydrogens is 150 g/mol. The highest BCUT2D eigenvalue weighted by Crippen LogP contribution is 2.18. The van der Waals surface area contributed by atoms with Crippen LogP contribution in [0.2, 0.25) is 0 Å². The number of amides is 1. The van der Waals surface area contributed by atoms with Crippen molar-refractivity contribution in [2.45, 2.75) is 12.8 Å². The molecule has 1 amide bonds. The second kappa shape index (κ2) is 2.87. The van der Waals surface area contributed by atoms with E-state index in [0.717, 1.165) is 0 Å². The van der Waals surface area contributed by atoms with Crippen LogP contribution in [0.25, 0.3) is 0 Å². The number of rotatable bonds is 2. The third kappa shape index (κ3) is 1.91. The van der Waals surface area contributed by atoms with E-state index < -0.39 is 11.9 Å². The summed E-state index contributed by atoms with van der Waals surface area (Å²) in [4.78, 5) is 20.8. The van der Waals surface area contributed by atoms with Crippen LogP contribution in [0.1, 0.15) is 12.8 Å². The van der Waals surface area contributed by atoms with Crippen LogP contribution < -0.4 is 0 Å². The highest BCUT2D eigenvalue weighted by molar-refractivity contribution is 5.78. The number of hydroxylamine groups is 2. The molecule has 0 bridgehead atoms. The molecule has 1 aliphatic heterocycles. The third-order valence-electron chi connectivity index (χ3n) is 1.65. The fourth-order valence-corrected chi connectivity index (χ4v) is 1.15. The summed E-state index contributed by atoms with van der Waals surface area (Å²) in [6.07, 6.45) is 0.0889. The first-order valence-electron chi connectivity index (χ1n) is 3.30. The molecule has 0 radical (unpaired) electrons. The zero-order valence-electron chi connectivity index (χ0n) is 5.86. The molecule has 1 rings (SSSR count). The fourth-order valence-electron chi connectivity index (χ4n) is 1.15. The average Bonchev–Trinajstić information content (AvgIpc) is 2.10. The van der Waals surface area contributed by atoms with E-state index in [9.17, 15) is 9.59 Å². The van der Waals surface area contributed by atoms with Crippen LogP contribution in [0.3, 0.4) is 0 Å². The molecule has 62 valence electrons. The lowest BCUT2D eigenvalue weighted by molar-refractivity contribution is -0.157. The molecule has 1 atom stereocenters. The van der Waals surface area contributed by atoms with Gasteiger partial charge >= 0.3 is 5.97 Å². The normalized spacial score (nSPS) is 24.3. The predicted molar refractivity (Wildman–Crippen MR) is 33.9 cm³/mol. The van der Waals surface area contributed by atoms with Crippen molar-refractivity contribution in [3.8, 4) is 0 Å². The van der Waals surface area contributed by atoms with Crippen molar-refractivity contribution in [1.82, 2.24) is 5.06 Å². The molecule has 0 spiro atoms. The van der Waals surface area contributed by atoms with Gasteiger partial charge in [0.2, 0.25) is 5.91 Å². The van der Waals surface area contributed by atoms with Gasteiger partial charge in [-0.1, -0.05) is 0 Å². The van der Waals surface area contributed by atoms with Gasteiger partial charge in [-0.25, -0.2) is 5.06 Å². The van der Waals surface area contributed by atoms with Gasteiger partial charge in [0.1, 0.15) is 0 Å². The van der Waals surface area contributed by atoms with Gasteiger partial charge in [0.05, 0.1) is 13.0 Å². The summed E-state index contributed by atoms with van der Waals surface area (Å²) in [5.41, 5.74) is 0. The Morgan fingerprint density at radius 3 is 2.73 bits per heavy atom. The minimum absolute atomic E-state index is 0.0528. The van der Waals surface area contributed by atoms with Crippen LogP contribution in [0.4, 0.5) is 0 Å². The van der Waals surface area contributed by atoms with E-state index in [2.05, 4.69) is 0 Å². The number of aliphatic carboxylic acids is 1. The van der Waals surface area contributed by atoms with Crippen LogP contribution in [0.5, 0.6) is 0 Å². The molecule has 5 nitrogen and oxygen atoms in total. The van der Waals surface area contributed by atoms with E-state index in [1.54, 1.807) is 0 Å². The van der Waals surface area contributed by atoms with Gasteiger partial charge in [0.25, 0.3) is 0 Å². The molecular formula is C6H9NO4. The van der Waals surface area contributed by atoms with Crippen molar-refractivity contribution in [2.75, 3.05) is 6.54 Å². The van der Waals surface area contributed by atoms with E-state index in [4.69, 9.17) is 10.3 Å². The summed E-state index contributed by atoms with van der Waals surface area (Å²) in [7, 11) is 0. The number of carboxylic acids is 1. The van der Waals surface area contributed by atoms with E-state index in [1.165, 1.54) is 0 Å². The van der Waals surface area contributed by atoms with Gasteiger partial charge in [-0.2, -0.15) is 0 Å². The molecule has 11 heavy (non-hydrogen) atoms. The van der Waals surface area contributed by atoms with Gasteiger partial charge in [-0.3, -0.25) is 14.8 Å². The second-order valence-electron chi connectivity index (χ2n) is 2.64. The highest BCUT2D eigenvalue weighted by Gasteiger charge is 2.29. The number of hydrogen-bond donors (Lipinski definition) is 2. The molecule has 1 saturated heterocycles. The highest BCUT2D eigenvalue weighted by atomic mass is 16.5. The summed E-state index contributed by atoms with van der Waals surface area (Å²) < 4.78 is 0. The predicted octanol–water partition coefficient (Wildman–Crippen LogP) is -0.301. The Kier molecular flexibility index (Phi) is 2.09. The zero-order chi connectivity index (χ0) is 8.43. The standard InChI is InChI=1S/C6H9NO4/c8-5-1-4(2-6(9)10)3-7(5)11/h4,11H,1-3H2,(H,9,10)/t4-/m0/s1. The first kappa shape index (κ1) is 8.00. The Labute approximate surface area is 63.2 Å². The van der Waals surface area contributed by atoms with Crippen molar-refractivity contribution in [3.63, 3.8) is 0 Å². The van der Waals surface area contributed by atoms with Gasteiger partial charge in [-0.05, 0) is 5.92 Å². The Balaban J connectivity index is 2.41. The Morgan fingerprint density at radius 1 is 1.73 bits per heavy atom. The second-order valence-corrected chi connectivity index (χ2v) is 2.64. The largest absolute Gasteiger partial charge is 0.481 e. The number of carbonyl (C=O) groups excluding carboxylic acids is 1. The fraction of sp³-hybridized carbons (Fsp3) is 0.667. The first-order valence-corrected chi connectivity index (χ1v) is 3.30. The number of carboxylic acid groups (broad SMARTS) is 1. The maximum absolute atomic E-state index is 10.6. The van der Waals surface area contributed by atoms with Crippen molar-refractivity contribution >= 4 is 11.9 Å². The maximum atomic E-state index is 10.6. The molecule has 1 fully saturated rings. The number of nitrogens with zero attached hydrogens (tertiary/aromatic N) is 1. The molecule has 0 unspecified atom stereocenters. The summed E-state index contributed by atoms with van der Waals surface area (Å²) in [5.74, 6) is -1.56. The maximum Gasteiger partial charge on any atom is 0.303 e. The first-order chi connectivity index (χ1) is 5.09. The molecule has 1 aliphatic rings. The lowest BCUT2D eigenvalue weighted by Crippen LogP contribution is -2.20. The lowest BCUT2D eigenvalue weighted by atomic mass is 10.1. The van der Waals surface area contributed by atoms with E-state index in [1.807, 2.05) is 0 Å². The summed E-state index contributed by atoms with van der Waals surface area (Å²) in [6.45, 7) is 0.144. The van der Waals surface area contributed by atoms with Crippen molar-refractivity contribution in [2.24, 2.45) is 5.92 Å². The van der Waals surface area contributed by atoms with Gasteiger partial charge in [0, 0.05) is 6.42 Å². The van der Waals surface area contributed by atoms with E-state index in [0.29, 0.717) is 5.06 Å². The molecule has 0 aromatic carbocycles.